The number of alkyl halides is 3. The number of carbonyl (C=O) groups is 1. The van der Waals surface area contributed by atoms with Gasteiger partial charge in [-0.1, -0.05) is 6.07 Å². The third-order valence-corrected chi connectivity index (χ3v) is 3.21. The first-order valence-electron chi connectivity index (χ1n) is 5.57. The first-order chi connectivity index (χ1) is 8.30. The van der Waals surface area contributed by atoms with Gasteiger partial charge in [0, 0.05) is 12.2 Å². The molecule has 2 rings (SSSR count). The molecular formula is C12H13F3N2O. The molecule has 6 heteroatoms. The van der Waals surface area contributed by atoms with Crippen LogP contribution in [-0.4, -0.2) is 23.5 Å². The highest BCUT2D eigenvalue weighted by Gasteiger charge is 2.45. The molecule has 18 heavy (non-hydrogen) atoms. The third-order valence-electron chi connectivity index (χ3n) is 3.21. The maximum Gasteiger partial charge on any atom is 0.471 e. The van der Waals surface area contributed by atoms with Gasteiger partial charge < -0.3 is 10.6 Å². The number of halogens is 3. The van der Waals surface area contributed by atoms with E-state index < -0.39 is 18.1 Å². The fraction of sp³-hybridized carbons (Fsp3) is 0.417. The van der Waals surface area contributed by atoms with Crippen LogP contribution >= 0.6 is 0 Å². The van der Waals surface area contributed by atoms with E-state index in [-0.39, 0.29) is 6.54 Å². The fourth-order valence-corrected chi connectivity index (χ4v) is 2.27. The summed E-state index contributed by atoms with van der Waals surface area (Å²) in [4.78, 5) is 12.1. The molecular weight excluding hydrogens is 245 g/mol. The standard InChI is InChI=1S/C12H13F3N2O/c1-7-10-6-9(16)3-2-8(10)4-5-17(7)11(18)12(13,14)15/h2-3,6-7H,4-5,16H2,1H3. The predicted molar refractivity (Wildman–Crippen MR) is 60.7 cm³/mol. The largest absolute Gasteiger partial charge is 0.471 e. The van der Waals surface area contributed by atoms with Gasteiger partial charge in [-0.3, -0.25) is 4.79 Å². The summed E-state index contributed by atoms with van der Waals surface area (Å²) >= 11 is 0. The Hall–Kier alpha value is -1.72. The first-order valence-corrected chi connectivity index (χ1v) is 5.57. The Morgan fingerprint density at radius 1 is 1.44 bits per heavy atom. The van der Waals surface area contributed by atoms with Crippen LogP contribution in [0.2, 0.25) is 0 Å². The van der Waals surface area contributed by atoms with Gasteiger partial charge >= 0.3 is 12.1 Å². The van der Waals surface area contributed by atoms with E-state index in [1.54, 1.807) is 25.1 Å². The van der Waals surface area contributed by atoms with Crippen LogP contribution in [0.25, 0.3) is 0 Å². The van der Waals surface area contributed by atoms with Crippen molar-refractivity contribution in [3.63, 3.8) is 0 Å². The second kappa shape index (κ2) is 4.19. The SMILES string of the molecule is CC1c2cc(N)ccc2CCN1C(=O)C(F)(F)F. The zero-order valence-corrected chi connectivity index (χ0v) is 9.79. The monoisotopic (exact) mass is 258 g/mol. The fourth-order valence-electron chi connectivity index (χ4n) is 2.27. The zero-order valence-electron chi connectivity index (χ0n) is 9.79. The lowest BCUT2D eigenvalue weighted by Gasteiger charge is -2.35. The van der Waals surface area contributed by atoms with Gasteiger partial charge in [-0.15, -0.1) is 0 Å². The molecule has 1 heterocycles. The van der Waals surface area contributed by atoms with Crippen molar-refractivity contribution in [1.29, 1.82) is 0 Å². The maximum atomic E-state index is 12.4. The molecule has 1 aliphatic rings. The van der Waals surface area contributed by atoms with Gasteiger partial charge in [0.15, 0.2) is 0 Å². The topological polar surface area (TPSA) is 46.3 Å². The molecule has 1 unspecified atom stereocenters. The second-order valence-electron chi connectivity index (χ2n) is 4.38. The van der Waals surface area contributed by atoms with Crippen LogP contribution in [0, 0.1) is 0 Å². The quantitative estimate of drug-likeness (QED) is 0.726. The summed E-state index contributed by atoms with van der Waals surface area (Å²) in [5.74, 6) is -1.79. The molecule has 1 aromatic carbocycles. The minimum atomic E-state index is -4.83. The number of fused-ring (bicyclic) bond motifs is 1. The number of amides is 1. The van der Waals surface area contributed by atoms with Gasteiger partial charge in [-0.25, -0.2) is 0 Å². The van der Waals surface area contributed by atoms with E-state index in [4.69, 9.17) is 5.73 Å². The summed E-state index contributed by atoms with van der Waals surface area (Å²) in [6, 6.07) is 4.55. The zero-order chi connectivity index (χ0) is 13.5. The highest BCUT2D eigenvalue weighted by atomic mass is 19.4. The van der Waals surface area contributed by atoms with Gasteiger partial charge in [0.1, 0.15) is 0 Å². The van der Waals surface area contributed by atoms with E-state index in [1.165, 1.54) is 0 Å². The highest BCUT2D eigenvalue weighted by molar-refractivity contribution is 5.82. The Labute approximate surface area is 102 Å². The van der Waals surface area contributed by atoms with E-state index in [1.807, 2.05) is 0 Å². The van der Waals surface area contributed by atoms with Gasteiger partial charge in [0.05, 0.1) is 6.04 Å². The van der Waals surface area contributed by atoms with Crippen molar-refractivity contribution < 1.29 is 18.0 Å². The molecule has 0 saturated heterocycles. The van der Waals surface area contributed by atoms with Crippen molar-refractivity contribution in [2.75, 3.05) is 12.3 Å². The first kappa shape index (κ1) is 12.7. The van der Waals surface area contributed by atoms with E-state index in [0.29, 0.717) is 17.7 Å². The molecule has 0 bridgehead atoms. The molecule has 3 nitrogen and oxygen atoms in total. The minimum Gasteiger partial charge on any atom is -0.399 e. The Morgan fingerprint density at radius 2 is 2.11 bits per heavy atom. The molecule has 1 aromatic rings. The predicted octanol–water partition coefficient (Wildman–Crippen LogP) is 2.28. The molecule has 1 atom stereocenters. The normalized spacial score (nSPS) is 19.6. The number of nitrogens with two attached hydrogens (primary N) is 1. The van der Waals surface area contributed by atoms with E-state index in [2.05, 4.69) is 0 Å². The van der Waals surface area contributed by atoms with Crippen LogP contribution in [0.1, 0.15) is 24.1 Å². The summed E-state index contributed by atoms with van der Waals surface area (Å²) in [5, 5.41) is 0. The Balaban J connectivity index is 2.33. The van der Waals surface area contributed by atoms with Crippen molar-refractivity contribution >= 4 is 11.6 Å². The summed E-state index contributed by atoms with van der Waals surface area (Å²) < 4.78 is 37.3. The number of nitrogens with zero attached hydrogens (tertiary/aromatic N) is 1. The van der Waals surface area contributed by atoms with Crippen LogP contribution in [0.15, 0.2) is 18.2 Å². The number of carbonyl (C=O) groups excluding carboxylic acids is 1. The van der Waals surface area contributed by atoms with Crippen molar-refractivity contribution in [3.05, 3.63) is 29.3 Å². The van der Waals surface area contributed by atoms with Crippen molar-refractivity contribution in [1.82, 2.24) is 4.90 Å². The molecule has 0 radical (unpaired) electrons. The third kappa shape index (κ3) is 2.14. The molecule has 0 fully saturated rings. The van der Waals surface area contributed by atoms with Crippen LogP contribution in [0.4, 0.5) is 18.9 Å². The van der Waals surface area contributed by atoms with Crippen LogP contribution < -0.4 is 5.73 Å². The van der Waals surface area contributed by atoms with E-state index in [0.717, 1.165) is 10.5 Å². The lowest BCUT2D eigenvalue weighted by Crippen LogP contribution is -2.45. The number of hydrogen-bond acceptors (Lipinski definition) is 2. The average Bonchev–Trinajstić information content (AvgIpc) is 2.28. The molecule has 98 valence electrons. The van der Waals surface area contributed by atoms with Crippen LogP contribution in [0.3, 0.4) is 0 Å². The summed E-state index contributed by atoms with van der Waals surface area (Å²) in [7, 11) is 0. The lowest BCUT2D eigenvalue weighted by molar-refractivity contribution is -0.188. The summed E-state index contributed by atoms with van der Waals surface area (Å²) in [6.45, 7) is 1.66. The van der Waals surface area contributed by atoms with E-state index in [9.17, 15) is 18.0 Å². The molecule has 0 spiro atoms. The Bertz CT molecular complexity index is 485. The second-order valence-corrected chi connectivity index (χ2v) is 4.38. The summed E-state index contributed by atoms with van der Waals surface area (Å²) in [6.07, 6.45) is -4.41. The van der Waals surface area contributed by atoms with Gasteiger partial charge in [-0.05, 0) is 36.6 Å². The Morgan fingerprint density at radius 3 is 2.72 bits per heavy atom. The maximum absolute atomic E-state index is 12.4. The van der Waals surface area contributed by atoms with E-state index >= 15 is 0 Å². The molecule has 0 saturated carbocycles. The van der Waals surface area contributed by atoms with Crippen LogP contribution in [-0.2, 0) is 11.2 Å². The Kier molecular flexibility index (Phi) is 2.96. The van der Waals surface area contributed by atoms with Crippen molar-refractivity contribution in [2.45, 2.75) is 25.6 Å². The summed E-state index contributed by atoms with van der Waals surface area (Å²) in [5.41, 5.74) is 7.75. The molecule has 0 aromatic heterocycles. The van der Waals surface area contributed by atoms with Gasteiger partial charge in [-0.2, -0.15) is 13.2 Å². The number of benzene rings is 1. The molecule has 0 aliphatic carbocycles. The molecule has 2 N–H and O–H groups in total. The van der Waals surface area contributed by atoms with Gasteiger partial charge in [0.25, 0.3) is 0 Å². The number of rotatable bonds is 0. The van der Waals surface area contributed by atoms with Gasteiger partial charge in [0.2, 0.25) is 0 Å². The van der Waals surface area contributed by atoms with Crippen LogP contribution in [0.5, 0.6) is 0 Å². The number of nitrogen functional groups attached to an aromatic ring is 1. The number of hydrogen-bond donors (Lipinski definition) is 1. The highest BCUT2D eigenvalue weighted by Crippen LogP contribution is 2.33. The molecule has 1 amide bonds. The minimum absolute atomic E-state index is 0.0798. The smallest absolute Gasteiger partial charge is 0.399 e. The average molecular weight is 258 g/mol. The molecule has 1 aliphatic heterocycles. The lowest BCUT2D eigenvalue weighted by atomic mass is 9.93. The number of anilines is 1. The van der Waals surface area contributed by atoms with Crippen molar-refractivity contribution in [3.8, 4) is 0 Å². The van der Waals surface area contributed by atoms with Crippen molar-refractivity contribution in [2.24, 2.45) is 0 Å².